The fourth-order valence-electron chi connectivity index (χ4n) is 5.52. The Morgan fingerprint density at radius 2 is 1.82 bits per heavy atom. The first kappa shape index (κ1) is 31.3. The summed E-state index contributed by atoms with van der Waals surface area (Å²) in [6.07, 6.45) is 5.16. The summed E-state index contributed by atoms with van der Waals surface area (Å²) in [4.78, 5) is 38.1. The molecule has 3 aromatic rings. The largest absolute Gasteiger partial charge is 0.356 e. The van der Waals surface area contributed by atoms with Crippen LogP contribution < -0.4 is 20.9 Å². The highest BCUT2D eigenvalue weighted by molar-refractivity contribution is 14.2. The molecule has 0 atom stereocenters. The number of nitrogens with zero attached hydrogens (tertiary/aromatic N) is 4. The minimum Gasteiger partial charge on any atom is -0.356 e. The molecule has 1 aliphatic carbocycles. The Labute approximate surface area is 274 Å². The second kappa shape index (κ2) is 12.6. The molecule has 1 aromatic carbocycles. The summed E-state index contributed by atoms with van der Waals surface area (Å²) in [6, 6.07) is 6.13. The number of fused-ring (bicyclic) bond motifs is 1. The van der Waals surface area contributed by atoms with Crippen molar-refractivity contribution < 1.29 is 9.59 Å². The fourth-order valence-corrected chi connectivity index (χ4v) is 7.29. The number of carbonyl (C=O) groups excluding carboxylic acids is 2. The molecule has 6 rings (SSSR count). The number of halogens is 2. The Kier molecular flexibility index (Phi) is 8.94. The van der Waals surface area contributed by atoms with Crippen molar-refractivity contribution in [1.29, 1.82) is 0 Å². The first-order valence-electron chi connectivity index (χ1n) is 15.7. The SMILES string of the molecule is CC1CCN(c2nc3c(cc2C(=O)NCC2CC2)nc(Nc2c(C4=IC4)ccc(CCNC(=O)C(C)(C)C)c2Cl)n3C)CC1. The summed E-state index contributed by atoms with van der Waals surface area (Å²) in [5, 5.41) is 10.4. The molecule has 2 aromatic heterocycles. The van der Waals surface area contributed by atoms with E-state index < -0.39 is 5.41 Å². The van der Waals surface area contributed by atoms with Gasteiger partial charge in [-0.1, -0.05) is 51.4 Å². The number of rotatable bonds is 10. The normalized spacial score (nSPS) is 17.2. The zero-order valence-electron chi connectivity index (χ0n) is 26.3. The van der Waals surface area contributed by atoms with Crippen molar-refractivity contribution in [1.82, 2.24) is 25.2 Å². The van der Waals surface area contributed by atoms with Gasteiger partial charge in [0.05, 0.1) is 16.3 Å². The molecule has 3 N–H and O–H groups in total. The highest BCUT2D eigenvalue weighted by atomic mass is 127. The van der Waals surface area contributed by atoms with Crippen LogP contribution in [0.1, 0.15) is 74.9 Å². The summed E-state index contributed by atoms with van der Waals surface area (Å²) in [5.41, 5.74) is 4.52. The quantitative estimate of drug-likeness (QED) is 0.176. The molecule has 1 saturated heterocycles. The van der Waals surface area contributed by atoms with Crippen LogP contribution in [0.3, 0.4) is 0 Å². The Hall–Kier alpha value is -2.73. The number of aryl methyl sites for hydroxylation is 1. The number of nitrogens with one attached hydrogen (secondary N) is 3. The Morgan fingerprint density at radius 1 is 1.09 bits per heavy atom. The number of aromatic nitrogens is 3. The number of amides is 2. The minimum atomic E-state index is -0.440. The van der Waals surface area contributed by atoms with Crippen LogP contribution in [0.5, 0.6) is 0 Å². The van der Waals surface area contributed by atoms with Gasteiger partial charge in [0, 0.05) is 52.1 Å². The summed E-state index contributed by atoms with van der Waals surface area (Å²) in [5.74, 6) is 2.58. The van der Waals surface area contributed by atoms with E-state index in [4.69, 9.17) is 21.6 Å². The lowest BCUT2D eigenvalue weighted by Crippen LogP contribution is -2.36. The number of anilines is 3. The van der Waals surface area contributed by atoms with Crippen molar-refractivity contribution >= 4 is 76.3 Å². The van der Waals surface area contributed by atoms with Gasteiger partial charge in [-0.2, -0.15) is 0 Å². The Morgan fingerprint density at radius 3 is 2.48 bits per heavy atom. The molecule has 0 bridgehead atoms. The van der Waals surface area contributed by atoms with E-state index >= 15 is 0 Å². The molecule has 2 fully saturated rings. The predicted molar refractivity (Wildman–Crippen MR) is 188 cm³/mol. The summed E-state index contributed by atoms with van der Waals surface area (Å²) >= 11 is 7.13. The lowest BCUT2D eigenvalue weighted by molar-refractivity contribution is -0.128. The van der Waals surface area contributed by atoms with Gasteiger partial charge in [-0.15, -0.1) is 20.7 Å². The maximum absolute atomic E-state index is 13.5. The number of benzene rings is 1. The molecule has 0 spiro atoms. The highest BCUT2D eigenvalue weighted by Crippen LogP contribution is 2.39. The Bertz CT molecular complexity index is 1630. The lowest BCUT2D eigenvalue weighted by Gasteiger charge is -2.32. The molecule has 4 heterocycles. The van der Waals surface area contributed by atoms with E-state index in [1.165, 1.54) is 16.4 Å². The summed E-state index contributed by atoms with van der Waals surface area (Å²) < 4.78 is 4.58. The van der Waals surface area contributed by atoms with Crippen LogP contribution in [-0.2, 0) is 18.3 Å². The van der Waals surface area contributed by atoms with Gasteiger partial charge in [-0.25, -0.2) is 9.97 Å². The van der Waals surface area contributed by atoms with E-state index in [2.05, 4.69) is 39.9 Å². The molecule has 3 aliphatic rings. The first-order chi connectivity index (χ1) is 21.0. The molecule has 2 aliphatic heterocycles. The van der Waals surface area contributed by atoms with Crippen molar-refractivity contribution in [3.05, 3.63) is 39.9 Å². The van der Waals surface area contributed by atoms with Crippen molar-refractivity contribution in [2.45, 2.75) is 59.8 Å². The molecule has 11 heteroatoms. The lowest BCUT2D eigenvalue weighted by atomic mass is 9.95. The topological polar surface area (TPSA) is 104 Å². The van der Waals surface area contributed by atoms with E-state index in [0.717, 1.165) is 58.6 Å². The molecule has 2 amide bonds. The van der Waals surface area contributed by atoms with E-state index in [-0.39, 0.29) is 32.5 Å². The van der Waals surface area contributed by atoms with Gasteiger partial charge in [-0.05, 0) is 55.6 Å². The monoisotopic (exact) mass is 731 g/mol. The second-order valence-corrected chi connectivity index (χ2v) is 16.7. The van der Waals surface area contributed by atoms with Gasteiger partial charge >= 0.3 is 0 Å². The molecule has 1 saturated carbocycles. The van der Waals surface area contributed by atoms with Crippen molar-refractivity contribution in [2.24, 2.45) is 24.3 Å². The van der Waals surface area contributed by atoms with Gasteiger partial charge in [0.2, 0.25) is 11.9 Å². The molecular weight excluding hydrogens is 689 g/mol. The average Bonchev–Trinajstić information content (AvgIpc) is 3.92. The number of hydrogen-bond donors (Lipinski definition) is 3. The smallest absolute Gasteiger partial charge is 0.255 e. The van der Waals surface area contributed by atoms with Crippen LogP contribution >= 0.6 is 32.3 Å². The number of carbonyl (C=O) groups is 2. The predicted octanol–water partition coefficient (Wildman–Crippen LogP) is 5.95. The van der Waals surface area contributed by atoms with E-state index in [0.29, 0.717) is 53.4 Å². The average molecular weight is 732 g/mol. The number of pyridine rings is 1. The van der Waals surface area contributed by atoms with Gasteiger partial charge < -0.3 is 20.9 Å². The van der Waals surface area contributed by atoms with Crippen LogP contribution in [0, 0.1) is 17.3 Å². The van der Waals surface area contributed by atoms with Crippen LogP contribution in [-0.4, -0.2) is 60.5 Å². The van der Waals surface area contributed by atoms with Gasteiger partial charge in [0.15, 0.2) is 5.65 Å². The number of hydrogen-bond acceptors (Lipinski definition) is 6. The molecule has 0 radical (unpaired) electrons. The molecule has 44 heavy (non-hydrogen) atoms. The second-order valence-electron chi connectivity index (χ2n) is 13.5. The van der Waals surface area contributed by atoms with E-state index in [1.54, 1.807) is 0 Å². The molecular formula is C33H43ClIN7O2. The van der Waals surface area contributed by atoms with E-state index in [1.807, 2.05) is 38.5 Å². The molecule has 236 valence electrons. The first-order valence-corrected chi connectivity index (χ1v) is 18.7. The third kappa shape index (κ3) is 6.90. The standard InChI is InChI=1S/C33H43ClIN7O2/c1-19-11-14-42(15-12-19)28-23(30(43)37-18-20-6-7-20)16-25-29(40-28)41(5)32(38-25)39-27-22(24-17-35-24)9-8-21(26(27)34)10-13-36-31(44)33(2,3)4/h8-9,16,19-20H,6-7,10-15,17-18H2,1-5H3,(H,36,44)(H,37,43)(H,38,39). The third-order valence-electron chi connectivity index (χ3n) is 8.78. The maximum Gasteiger partial charge on any atom is 0.255 e. The third-order valence-corrected chi connectivity index (χ3v) is 11.3. The Balaban J connectivity index is 1.31. The fraction of sp³-hybridized carbons (Fsp3) is 0.545. The van der Waals surface area contributed by atoms with Gasteiger partial charge in [0.25, 0.3) is 5.91 Å². The van der Waals surface area contributed by atoms with Crippen LogP contribution in [0.2, 0.25) is 5.02 Å². The highest BCUT2D eigenvalue weighted by Gasteiger charge is 2.28. The van der Waals surface area contributed by atoms with E-state index in [9.17, 15) is 9.59 Å². The zero-order valence-corrected chi connectivity index (χ0v) is 29.2. The summed E-state index contributed by atoms with van der Waals surface area (Å²) in [6.45, 7) is 11.0. The van der Waals surface area contributed by atoms with Gasteiger partial charge in [0.1, 0.15) is 11.3 Å². The van der Waals surface area contributed by atoms with Crippen LogP contribution in [0.15, 0.2) is 18.2 Å². The number of piperidine rings is 1. The van der Waals surface area contributed by atoms with Crippen LogP contribution in [0.25, 0.3) is 11.2 Å². The van der Waals surface area contributed by atoms with Crippen molar-refractivity contribution in [2.75, 3.05) is 40.8 Å². The molecule has 9 nitrogen and oxygen atoms in total. The minimum absolute atomic E-state index is 0.0214. The number of alkyl halides is 1. The molecule has 0 unspecified atom stereocenters. The maximum atomic E-state index is 13.5. The van der Waals surface area contributed by atoms with Crippen molar-refractivity contribution in [3.63, 3.8) is 0 Å². The summed E-state index contributed by atoms with van der Waals surface area (Å²) in [7, 11) is 1.95. The zero-order chi connectivity index (χ0) is 31.2. The van der Waals surface area contributed by atoms with Crippen LogP contribution in [0.4, 0.5) is 17.5 Å². The van der Waals surface area contributed by atoms with Gasteiger partial charge in [-0.3, -0.25) is 14.2 Å². The number of imidazole rings is 1. The van der Waals surface area contributed by atoms with Crippen molar-refractivity contribution in [3.8, 4) is 0 Å².